The third-order valence-electron chi connectivity index (χ3n) is 3.10. The monoisotopic (exact) mass is 251 g/mol. The molecule has 98 valence electrons. The topological polar surface area (TPSA) is 91.0 Å². The van der Waals surface area contributed by atoms with Crippen molar-refractivity contribution in [2.45, 2.75) is 26.2 Å². The number of aromatic amines is 1. The van der Waals surface area contributed by atoms with Gasteiger partial charge in [-0.05, 0) is 12.8 Å². The third-order valence-corrected chi connectivity index (χ3v) is 3.10. The summed E-state index contributed by atoms with van der Waals surface area (Å²) >= 11 is 0. The third kappa shape index (κ3) is 2.85. The molecule has 2 amide bonds. The van der Waals surface area contributed by atoms with Crippen molar-refractivity contribution in [1.29, 1.82) is 0 Å². The highest BCUT2D eigenvalue weighted by Gasteiger charge is 2.28. The van der Waals surface area contributed by atoms with Crippen LogP contribution < -0.4 is 5.32 Å². The molecule has 2 rings (SSSR count). The van der Waals surface area contributed by atoms with Crippen LogP contribution in [0.4, 0.5) is 5.95 Å². The van der Waals surface area contributed by atoms with E-state index in [-0.39, 0.29) is 17.7 Å². The molecule has 1 aromatic rings. The summed E-state index contributed by atoms with van der Waals surface area (Å²) in [7, 11) is 0. The summed E-state index contributed by atoms with van der Waals surface area (Å²) in [6.45, 7) is 3.08. The van der Waals surface area contributed by atoms with Gasteiger partial charge in [0.05, 0.1) is 5.92 Å². The average molecular weight is 251 g/mol. The van der Waals surface area contributed by atoms with Gasteiger partial charge in [-0.3, -0.25) is 14.9 Å². The largest absolute Gasteiger partial charge is 0.342 e. The van der Waals surface area contributed by atoms with Crippen LogP contribution in [-0.4, -0.2) is 45.0 Å². The molecule has 2 heterocycles. The molecule has 1 aliphatic heterocycles. The van der Waals surface area contributed by atoms with Gasteiger partial charge in [-0.2, -0.15) is 10.1 Å². The quantitative estimate of drug-likeness (QED) is 0.813. The first-order valence-electron chi connectivity index (χ1n) is 6.14. The Balaban J connectivity index is 1.92. The van der Waals surface area contributed by atoms with Crippen molar-refractivity contribution in [3.05, 3.63) is 6.33 Å². The Hall–Kier alpha value is -1.92. The number of anilines is 1. The first-order chi connectivity index (χ1) is 8.70. The van der Waals surface area contributed by atoms with Crippen molar-refractivity contribution in [3.8, 4) is 0 Å². The number of hydrogen-bond donors (Lipinski definition) is 2. The molecular formula is C11H17N5O2. The van der Waals surface area contributed by atoms with Crippen molar-refractivity contribution < 1.29 is 9.59 Å². The van der Waals surface area contributed by atoms with Gasteiger partial charge in [0.2, 0.25) is 17.8 Å². The maximum atomic E-state index is 12.0. The molecular weight excluding hydrogens is 234 g/mol. The van der Waals surface area contributed by atoms with Crippen LogP contribution in [0.1, 0.15) is 26.2 Å². The summed E-state index contributed by atoms with van der Waals surface area (Å²) in [4.78, 5) is 29.2. The van der Waals surface area contributed by atoms with Gasteiger partial charge in [-0.15, -0.1) is 0 Å². The zero-order valence-electron chi connectivity index (χ0n) is 10.3. The van der Waals surface area contributed by atoms with Gasteiger partial charge in [0, 0.05) is 19.5 Å². The fourth-order valence-corrected chi connectivity index (χ4v) is 2.13. The summed E-state index contributed by atoms with van der Waals surface area (Å²) < 4.78 is 0. The maximum absolute atomic E-state index is 12.0. The van der Waals surface area contributed by atoms with Crippen LogP contribution >= 0.6 is 0 Å². The normalized spacial score (nSPS) is 19.6. The van der Waals surface area contributed by atoms with Gasteiger partial charge < -0.3 is 4.90 Å². The Morgan fingerprint density at radius 3 is 3.11 bits per heavy atom. The number of likely N-dealkylation sites (tertiary alicyclic amines) is 1. The number of hydrogen-bond acceptors (Lipinski definition) is 4. The first kappa shape index (κ1) is 12.5. The molecule has 0 saturated carbocycles. The van der Waals surface area contributed by atoms with E-state index in [0.29, 0.717) is 18.9 Å². The molecule has 0 aliphatic carbocycles. The molecule has 1 aliphatic rings. The molecule has 1 atom stereocenters. The van der Waals surface area contributed by atoms with Crippen LogP contribution in [0.5, 0.6) is 0 Å². The highest BCUT2D eigenvalue weighted by Crippen LogP contribution is 2.18. The number of carbonyl (C=O) groups is 2. The maximum Gasteiger partial charge on any atom is 0.231 e. The molecule has 1 fully saturated rings. The lowest BCUT2D eigenvalue weighted by molar-refractivity contribution is -0.134. The fraction of sp³-hybridized carbons (Fsp3) is 0.636. The van der Waals surface area contributed by atoms with Crippen molar-refractivity contribution in [1.82, 2.24) is 20.1 Å². The van der Waals surface area contributed by atoms with Crippen LogP contribution in [-0.2, 0) is 9.59 Å². The van der Waals surface area contributed by atoms with Crippen LogP contribution in [0, 0.1) is 5.92 Å². The molecule has 2 N–H and O–H groups in total. The number of carbonyl (C=O) groups excluding carboxylic acids is 2. The summed E-state index contributed by atoms with van der Waals surface area (Å²) in [6.07, 6.45) is 3.48. The molecule has 1 aromatic heterocycles. The molecule has 18 heavy (non-hydrogen) atoms. The van der Waals surface area contributed by atoms with E-state index in [1.165, 1.54) is 6.33 Å². The van der Waals surface area contributed by atoms with Gasteiger partial charge in [-0.25, -0.2) is 5.10 Å². The zero-order valence-corrected chi connectivity index (χ0v) is 10.3. The van der Waals surface area contributed by atoms with Gasteiger partial charge in [-0.1, -0.05) is 6.92 Å². The van der Waals surface area contributed by atoms with Crippen LogP contribution in [0.25, 0.3) is 0 Å². The lowest BCUT2D eigenvalue weighted by Gasteiger charge is -2.31. The first-order valence-corrected chi connectivity index (χ1v) is 6.14. The lowest BCUT2D eigenvalue weighted by atomic mass is 9.97. The molecule has 1 unspecified atom stereocenters. The number of amides is 2. The van der Waals surface area contributed by atoms with Gasteiger partial charge in [0.15, 0.2) is 0 Å². The molecule has 7 nitrogen and oxygen atoms in total. The summed E-state index contributed by atoms with van der Waals surface area (Å²) in [5.41, 5.74) is 0. The molecule has 7 heteroatoms. The second-order valence-corrected chi connectivity index (χ2v) is 4.36. The number of aromatic nitrogens is 3. The number of H-pyrrole nitrogens is 1. The van der Waals surface area contributed by atoms with E-state index in [1.807, 2.05) is 6.92 Å². The molecule has 0 radical (unpaired) electrons. The van der Waals surface area contributed by atoms with Crippen LogP contribution in [0.2, 0.25) is 0 Å². The number of nitrogens with zero attached hydrogens (tertiary/aromatic N) is 3. The minimum atomic E-state index is -0.167. The number of piperidine rings is 1. The number of rotatable bonds is 3. The van der Waals surface area contributed by atoms with Gasteiger partial charge in [0.1, 0.15) is 6.33 Å². The van der Waals surface area contributed by atoms with Crippen molar-refractivity contribution in [2.24, 2.45) is 5.92 Å². The van der Waals surface area contributed by atoms with Gasteiger partial charge in [0.25, 0.3) is 0 Å². The number of nitrogens with one attached hydrogen (secondary N) is 2. The molecule has 0 bridgehead atoms. The summed E-state index contributed by atoms with van der Waals surface area (Å²) in [6, 6.07) is 0. The van der Waals surface area contributed by atoms with Crippen LogP contribution in [0.15, 0.2) is 6.33 Å². The summed E-state index contributed by atoms with van der Waals surface area (Å²) in [5, 5.41) is 8.90. The van der Waals surface area contributed by atoms with E-state index in [9.17, 15) is 9.59 Å². The van der Waals surface area contributed by atoms with E-state index in [2.05, 4.69) is 20.5 Å². The summed E-state index contributed by atoms with van der Waals surface area (Å²) in [5.74, 6) is 0.172. The average Bonchev–Trinajstić information content (AvgIpc) is 2.90. The SMILES string of the molecule is CCC(=O)N1CCCC(C(=O)Nc2ncn[nH]2)C1. The van der Waals surface area contributed by atoms with Gasteiger partial charge >= 0.3 is 0 Å². The minimum absolute atomic E-state index is 0.104. The Morgan fingerprint density at radius 2 is 2.44 bits per heavy atom. The lowest BCUT2D eigenvalue weighted by Crippen LogP contribution is -2.43. The fourth-order valence-electron chi connectivity index (χ4n) is 2.13. The molecule has 0 spiro atoms. The predicted molar refractivity (Wildman–Crippen MR) is 64.6 cm³/mol. The Kier molecular flexibility index (Phi) is 3.91. The van der Waals surface area contributed by atoms with E-state index >= 15 is 0 Å². The standard InChI is InChI=1S/C11H17N5O2/c1-2-9(17)16-5-3-4-8(6-16)10(18)14-11-12-7-13-15-11/h7-8H,2-6H2,1H3,(H2,12,13,14,15,18). The van der Waals surface area contributed by atoms with E-state index < -0.39 is 0 Å². The minimum Gasteiger partial charge on any atom is -0.342 e. The van der Waals surface area contributed by atoms with Crippen LogP contribution in [0.3, 0.4) is 0 Å². The zero-order chi connectivity index (χ0) is 13.0. The Bertz CT molecular complexity index is 417. The second kappa shape index (κ2) is 5.61. The van der Waals surface area contributed by atoms with E-state index in [1.54, 1.807) is 4.90 Å². The highest BCUT2D eigenvalue weighted by atomic mass is 16.2. The smallest absolute Gasteiger partial charge is 0.231 e. The Labute approximate surface area is 105 Å². The highest BCUT2D eigenvalue weighted by molar-refractivity contribution is 5.91. The van der Waals surface area contributed by atoms with E-state index in [0.717, 1.165) is 19.4 Å². The molecule has 0 aromatic carbocycles. The van der Waals surface area contributed by atoms with Crippen molar-refractivity contribution in [3.63, 3.8) is 0 Å². The van der Waals surface area contributed by atoms with Crippen molar-refractivity contribution >= 4 is 17.8 Å². The van der Waals surface area contributed by atoms with Crippen molar-refractivity contribution in [2.75, 3.05) is 18.4 Å². The Morgan fingerprint density at radius 1 is 1.61 bits per heavy atom. The predicted octanol–water partition coefficient (Wildman–Crippen LogP) is 0.392. The molecule has 1 saturated heterocycles. The second-order valence-electron chi connectivity index (χ2n) is 4.36. The van der Waals surface area contributed by atoms with E-state index in [4.69, 9.17) is 0 Å².